The monoisotopic (exact) mass is 196 g/mol. The summed E-state index contributed by atoms with van der Waals surface area (Å²) in [4.78, 5) is 0. The van der Waals surface area contributed by atoms with Gasteiger partial charge < -0.3 is 5.11 Å². The van der Waals surface area contributed by atoms with Crippen molar-refractivity contribution in [3.05, 3.63) is 17.5 Å². The Kier molecular flexibility index (Phi) is 3.32. The maximum absolute atomic E-state index is 8.79. The second-order valence-electron chi connectivity index (χ2n) is 4.72. The summed E-state index contributed by atoms with van der Waals surface area (Å²) in [6, 6.07) is 2.12. The molecule has 0 amide bonds. The summed E-state index contributed by atoms with van der Waals surface area (Å²) in [5.74, 6) is 0. The average molecular weight is 196 g/mol. The first-order valence-corrected chi connectivity index (χ1v) is 5.11. The fourth-order valence-electron chi connectivity index (χ4n) is 1.54. The van der Waals surface area contributed by atoms with Gasteiger partial charge in [-0.1, -0.05) is 20.8 Å². The number of nitrogens with zero attached hydrogens (tertiary/aromatic N) is 2. The van der Waals surface area contributed by atoms with Crippen molar-refractivity contribution in [2.75, 3.05) is 6.61 Å². The highest BCUT2D eigenvalue weighted by Gasteiger charge is 2.19. The molecule has 1 heterocycles. The van der Waals surface area contributed by atoms with Gasteiger partial charge in [-0.25, -0.2) is 0 Å². The molecule has 0 unspecified atom stereocenters. The molecule has 0 aliphatic carbocycles. The van der Waals surface area contributed by atoms with Crippen molar-refractivity contribution in [1.82, 2.24) is 9.78 Å². The first-order valence-electron chi connectivity index (χ1n) is 5.11. The summed E-state index contributed by atoms with van der Waals surface area (Å²) in [6.45, 7) is 9.57. The second kappa shape index (κ2) is 4.13. The molecule has 0 saturated heterocycles. The highest BCUT2D eigenvalue weighted by Crippen LogP contribution is 2.22. The van der Waals surface area contributed by atoms with Crippen molar-refractivity contribution in [2.45, 2.75) is 46.1 Å². The second-order valence-corrected chi connectivity index (χ2v) is 4.72. The normalized spacial score (nSPS) is 12.1. The van der Waals surface area contributed by atoms with Crippen LogP contribution in [0.25, 0.3) is 0 Å². The van der Waals surface area contributed by atoms with E-state index < -0.39 is 0 Å². The molecule has 0 spiro atoms. The molecule has 3 nitrogen and oxygen atoms in total. The third-order valence-corrected chi connectivity index (χ3v) is 2.20. The van der Waals surface area contributed by atoms with Crippen LogP contribution in [0.2, 0.25) is 0 Å². The van der Waals surface area contributed by atoms with Gasteiger partial charge in [0.2, 0.25) is 0 Å². The van der Waals surface area contributed by atoms with E-state index in [2.05, 4.69) is 31.9 Å². The zero-order chi connectivity index (χ0) is 10.8. The Morgan fingerprint density at radius 1 is 1.43 bits per heavy atom. The minimum absolute atomic E-state index is 0.122. The molecule has 1 aromatic rings. The number of hydrogen-bond donors (Lipinski definition) is 1. The van der Waals surface area contributed by atoms with E-state index in [0.717, 1.165) is 18.7 Å². The Morgan fingerprint density at radius 3 is 2.57 bits per heavy atom. The van der Waals surface area contributed by atoms with Crippen LogP contribution < -0.4 is 0 Å². The first-order chi connectivity index (χ1) is 6.45. The molecular formula is C11H20N2O. The molecule has 0 fully saturated rings. The Labute approximate surface area is 85.8 Å². The largest absolute Gasteiger partial charge is 0.396 e. The van der Waals surface area contributed by atoms with Crippen LogP contribution in [-0.4, -0.2) is 21.5 Å². The minimum Gasteiger partial charge on any atom is -0.396 e. The Balaban J connectivity index is 2.91. The zero-order valence-electron chi connectivity index (χ0n) is 9.54. The van der Waals surface area contributed by atoms with Crippen LogP contribution in [0.5, 0.6) is 0 Å². The zero-order valence-corrected chi connectivity index (χ0v) is 9.54. The Hall–Kier alpha value is -0.830. The fraction of sp³-hybridized carbons (Fsp3) is 0.727. The van der Waals surface area contributed by atoms with E-state index in [0.29, 0.717) is 0 Å². The van der Waals surface area contributed by atoms with Gasteiger partial charge in [0.25, 0.3) is 0 Å². The summed E-state index contributed by atoms with van der Waals surface area (Å²) in [6.07, 6.45) is 0.768. The predicted molar refractivity (Wildman–Crippen MR) is 57.4 cm³/mol. The van der Waals surface area contributed by atoms with Gasteiger partial charge in [-0.3, -0.25) is 4.68 Å². The third kappa shape index (κ3) is 2.58. The number of aliphatic hydroxyl groups excluding tert-OH is 1. The molecule has 3 heteroatoms. The fourth-order valence-corrected chi connectivity index (χ4v) is 1.54. The maximum atomic E-state index is 8.79. The van der Waals surface area contributed by atoms with Crippen molar-refractivity contribution in [2.24, 2.45) is 0 Å². The summed E-state index contributed by atoms with van der Waals surface area (Å²) >= 11 is 0. The molecule has 0 radical (unpaired) electrons. The highest BCUT2D eigenvalue weighted by atomic mass is 16.3. The molecule has 14 heavy (non-hydrogen) atoms. The lowest BCUT2D eigenvalue weighted by Gasteiger charge is -2.19. The van der Waals surface area contributed by atoms with Gasteiger partial charge in [-0.05, 0) is 19.4 Å². The van der Waals surface area contributed by atoms with Crippen LogP contribution in [0.1, 0.15) is 38.6 Å². The highest BCUT2D eigenvalue weighted by molar-refractivity contribution is 5.17. The molecule has 0 aliphatic rings. The van der Waals surface area contributed by atoms with Gasteiger partial charge in [0.1, 0.15) is 0 Å². The van der Waals surface area contributed by atoms with Crippen molar-refractivity contribution in [1.29, 1.82) is 0 Å². The number of rotatable bonds is 3. The van der Waals surface area contributed by atoms with Gasteiger partial charge in [-0.2, -0.15) is 5.10 Å². The predicted octanol–water partition coefficient (Wildman–Crippen LogP) is 1.87. The molecule has 1 N–H and O–H groups in total. The van der Waals surface area contributed by atoms with Crippen molar-refractivity contribution in [3.63, 3.8) is 0 Å². The summed E-state index contributed by atoms with van der Waals surface area (Å²) < 4.78 is 2.01. The van der Waals surface area contributed by atoms with E-state index in [9.17, 15) is 0 Å². The number of aromatic nitrogens is 2. The molecule has 0 aliphatic heterocycles. The third-order valence-electron chi connectivity index (χ3n) is 2.20. The van der Waals surface area contributed by atoms with Crippen LogP contribution >= 0.6 is 0 Å². The number of aliphatic hydroxyl groups is 1. The molecule has 80 valence electrons. The molecule has 1 rings (SSSR count). The number of aryl methyl sites for hydroxylation is 2. The summed E-state index contributed by atoms with van der Waals surface area (Å²) in [7, 11) is 0. The first kappa shape index (κ1) is 11.2. The van der Waals surface area contributed by atoms with E-state index in [-0.39, 0.29) is 12.0 Å². The van der Waals surface area contributed by atoms with Crippen LogP contribution in [0.15, 0.2) is 6.07 Å². The smallest absolute Gasteiger partial charge is 0.0596 e. The molecule has 0 saturated carbocycles. The average Bonchev–Trinajstić information content (AvgIpc) is 2.42. The van der Waals surface area contributed by atoms with Gasteiger partial charge in [0.05, 0.1) is 5.69 Å². The maximum Gasteiger partial charge on any atom is 0.0596 e. The lowest BCUT2D eigenvalue weighted by Crippen LogP contribution is -2.18. The van der Waals surface area contributed by atoms with E-state index in [1.807, 2.05) is 11.6 Å². The molecule has 1 aromatic heterocycles. The van der Waals surface area contributed by atoms with E-state index >= 15 is 0 Å². The number of hydrogen-bond acceptors (Lipinski definition) is 2. The molecule has 0 bridgehead atoms. The van der Waals surface area contributed by atoms with Gasteiger partial charge >= 0.3 is 0 Å². The van der Waals surface area contributed by atoms with Crippen LogP contribution in [0.4, 0.5) is 0 Å². The molecular weight excluding hydrogens is 176 g/mol. The van der Waals surface area contributed by atoms with Crippen molar-refractivity contribution < 1.29 is 5.11 Å². The van der Waals surface area contributed by atoms with Gasteiger partial charge in [0, 0.05) is 24.3 Å². The molecule has 0 aromatic carbocycles. The quantitative estimate of drug-likeness (QED) is 0.801. The SMILES string of the molecule is Cc1cc(C(C)(C)C)n(CCCO)n1. The lowest BCUT2D eigenvalue weighted by molar-refractivity contribution is 0.274. The van der Waals surface area contributed by atoms with E-state index in [1.165, 1.54) is 5.69 Å². The Bertz CT molecular complexity index is 297. The van der Waals surface area contributed by atoms with Gasteiger partial charge in [-0.15, -0.1) is 0 Å². The summed E-state index contributed by atoms with van der Waals surface area (Å²) in [5, 5.41) is 13.2. The lowest BCUT2D eigenvalue weighted by atomic mass is 9.92. The van der Waals surface area contributed by atoms with Crippen LogP contribution in [0.3, 0.4) is 0 Å². The van der Waals surface area contributed by atoms with Crippen molar-refractivity contribution in [3.8, 4) is 0 Å². The summed E-state index contributed by atoms with van der Waals surface area (Å²) in [5.41, 5.74) is 2.41. The molecule has 0 atom stereocenters. The van der Waals surface area contributed by atoms with E-state index in [4.69, 9.17) is 5.11 Å². The van der Waals surface area contributed by atoms with Gasteiger partial charge in [0.15, 0.2) is 0 Å². The Morgan fingerprint density at radius 2 is 2.07 bits per heavy atom. The standard InChI is InChI=1S/C11H20N2O/c1-9-8-10(11(2,3)4)13(12-9)6-5-7-14/h8,14H,5-7H2,1-4H3. The van der Waals surface area contributed by atoms with Crippen LogP contribution in [-0.2, 0) is 12.0 Å². The van der Waals surface area contributed by atoms with Crippen molar-refractivity contribution >= 4 is 0 Å². The van der Waals surface area contributed by atoms with Crippen LogP contribution in [0, 0.1) is 6.92 Å². The van der Waals surface area contributed by atoms with E-state index in [1.54, 1.807) is 0 Å². The minimum atomic E-state index is 0.122. The topological polar surface area (TPSA) is 38.0 Å².